The molecule has 0 unspecified atom stereocenters. The Morgan fingerprint density at radius 1 is 1.04 bits per heavy atom. The van der Waals surface area contributed by atoms with Crippen molar-refractivity contribution < 1.29 is 37.4 Å². The number of carbonyl (C=O) groups excluding carboxylic acids is 3. The molecule has 6 rings (SSSR count). The summed E-state index contributed by atoms with van der Waals surface area (Å²) < 4.78 is 47.4. The number of phenolic OH excluding ortho intramolecular Hbond substituents is 1. The SMILES string of the molecule is CCOc1cc([C@@H]2c3sc(=O)n(CC(=O)Nc4ccc(Cl)cc4)c3S[C@@H]3C(=O)N(c4cccc(C(F)(F)F)c4)C(=O)[C@H]23)ccc1O. The van der Waals surface area contributed by atoms with Crippen LogP contribution >= 0.6 is 34.7 Å². The largest absolute Gasteiger partial charge is 0.504 e. The van der Waals surface area contributed by atoms with Gasteiger partial charge in [-0.3, -0.25) is 23.7 Å². The molecule has 0 bridgehead atoms. The summed E-state index contributed by atoms with van der Waals surface area (Å²) >= 11 is 7.65. The lowest BCUT2D eigenvalue weighted by molar-refractivity contribution is -0.137. The minimum atomic E-state index is -4.71. The molecule has 0 radical (unpaired) electrons. The average Bonchev–Trinajstić information content (AvgIpc) is 3.45. The second kappa shape index (κ2) is 12.2. The van der Waals surface area contributed by atoms with Crippen LogP contribution in [0.3, 0.4) is 0 Å². The van der Waals surface area contributed by atoms with E-state index in [9.17, 15) is 37.5 Å². The van der Waals surface area contributed by atoms with Crippen LogP contribution in [0.25, 0.3) is 0 Å². The Morgan fingerprint density at radius 2 is 1.78 bits per heavy atom. The number of nitrogens with zero attached hydrogens (tertiary/aromatic N) is 2. The summed E-state index contributed by atoms with van der Waals surface area (Å²) in [5.74, 6) is -4.13. The molecule has 2 aliphatic heterocycles. The Labute approximate surface area is 272 Å². The second-order valence-corrected chi connectivity index (χ2v) is 13.0. The zero-order chi connectivity index (χ0) is 32.9. The van der Waals surface area contributed by atoms with Crippen LogP contribution in [0.1, 0.15) is 28.8 Å². The lowest BCUT2D eigenvalue weighted by atomic mass is 9.83. The fourth-order valence-electron chi connectivity index (χ4n) is 5.56. The van der Waals surface area contributed by atoms with E-state index in [4.69, 9.17) is 16.3 Å². The first-order chi connectivity index (χ1) is 21.9. The van der Waals surface area contributed by atoms with E-state index in [-0.39, 0.29) is 28.8 Å². The van der Waals surface area contributed by atoms with Crippen LogP contribution in [0.5, 0.6) is 11.5 Å². The minimum absolute atomic E-state index is 0.108. The molecule has 15 heteroatoms. The Morgan fingerprint density at radius 3 is 2.48 bits per heavy atom. The molecule has 4 aromatic rings. The Bertz CT molecular complexity index is 1930. The highest BCUT2D eigenvalue weighted by Gasteiger charge is 2.57. The van der Waals surface area contributed by atoms with Gasteiger partial charge in [0.05, 0.1) is 28.8 Å². The number of nitrogens with one attached hydrogen (secondary N) is 1. The standard InChI is InChI=1S/C31H23ClF3N3O6S2/c1-2-44-21-12-15(6-11-20(21)39)23-24-25(28(42)38(27(24)41)19-5-3-4-16(13-19)31(33,34)35)45-29-26(23)46-30(43)37(29)14-22(40)36-18-9-7-17(32)8-10-18/h3-13,23-25,39H,2,14H2,1H3,(H,36,40)/t23-,24+,25-/m0/s1. The predicted molar refractivity (Wildman–Crippen MR) is 167 cm³/mol. The summed E-state index contributed by atoms with van der Waals surface area (Å²) in [5.41, 5.74) is -0.381. The van der Waals surface area contributed by atoms with Gasteiger partial charge in [0.25, 0.3) is 0 Å². The second-order valence-electron chi connectivity index (χ2n) is 10.4. The van der Waals surface area contributed by atoms with Crippen molar-refractivity contribution in [2.24, 2.45) is 5.92 Å². The number of rotatable bonds is 7. The highest BCUT2D eigenvalue weighted by Crippen LogP contribution is 2.54. The maximum absolute atomic E-state index is 14.1. The molecule has 2 aliphatic rings. The molecule has 3 heterocycles. The third-order valence-corrected chi connectivity index (χ3v) is 10.4. The van der Waals surface area contributed by atoms with Gasteiger partial charge < -0.3 is 15.2 Å². The van der Waals surface area contributed by atoms with Crippen LogP contribution < -0.4 is 19.8 Å². The van der Waals surface area contributed by atoms with Crippen molar-refractivity contribution in [1.82, 2.24) is 4.57 Å². The third kappa shape index (κ3) is 5.76. The fourth-order valence-corrected chi connectivity index (χ4v) is 8.46. The molecule has 46 heavy (non-hydrogen) atoms. The number of anilines is 2. The summed E-state index contributed by atoms with van der Waals surface area (Å²) in [7, 11) is 0. The van der Waals surface area contributed by atoms with Crippen molar-refractivity contribution in [2.45, 2.75) is 35.8 Å². The number of alkyl halides is 3. The van der Waals surface area contributed by atoms with Crippen LogP contribution in [-0.4, -0.2) is 39.3 Å². The number of thiazole rings is 1. The van der Waals surface area contributed by atoms with Crippen LogP contribution in [0.4, 0.5) is 24.5 Å². The number of phenols is 1. The molecule has 238 valence electrons. The van der Waals surface area contributed by atoms with Crippen LogP contribution in [0, 0.1) is 5.92 Å². The maximum atomic E-state index is 14.1. The third-order valence-electron chi connectivity index (χ3n) is 7.55. The number of halogens is 4. The number of aromatic nitrogens is 1. The van der Waals surface area contributed by atoms with E-state index in [0.29, 0.717) is 21.2 Å². The first kappa shape index (κ1) is 31.7. The van der Waals surface area contributed by atoms with E-state index in [1.165, 1.54) is 28.8 Å². The lowest BCUT2D eigenvalue weighted by Gasteiger charge is -2.31. The van der Waals surface area contributed by atoms with Gasteiger partial charge in [-0.15, -0.1) is 0 Å². The van der Waals surface area contributed by atoms with Gasteiger partial charge in [0.1, 0.15) is 11.8 Å². The van der Waals surface area contributed by atoms with Crippen molar-refractivity contribution in [2.75, 3.05) is 16.8 Å². The van der Waals surface area contributed by atoms with Gasteiger partial charge in [0, 0.05) is 21.5 Å². The molecular weight excluding hydrogens is 667 g/mol. The fraction of sp³-hybridized carbons (Fsp3) is 0.226. The van der Waals surface area contributed by atoms with Gasteiger partial charge in [-0.2, -0.15) is 13.2 Å². The Balaban J connectivity index is 1.44. The average molecular weight is 690 g/mol. The van der Waals surface area contributed by atoms with Crippen LogP contribution in [-0.2, 0) is 27.1 Å². The summed E-state index contributed by atoms with van der Waals surface area (Å²) in [6, 6.07) is 14.7. The molecule has 1 aromatic heterocycles. The molecule has 3 aromatic carbocycles. The molecule has 0 aliphatic carbocycles. The van der Waals surface area contributed by atoms with Gasteiger partial charge >= 0.3 is 11.0 Å². The van der Waals surface area contributed by atoms with Crippen molar-refractivity contribution in [3.8, 4) is 11.5 Å². The van der Waals surface area contributed by atoms with Gasteiger partial charge in [-0.1, -0.05) is 46.8 Å². The van der Waals surface area contributed by atoms with Crippen molar-refractivity contribution in [3.63, 3.8) is 0 Å². The highest BCUT2D eigenvalue weighted by molar-refractivity contribution is 8.00. The lowest BCUT2D eigenvalue weighted by Crippen LogP contribution is -2.33. The molecule has 3 amide bonds. The highest BCUT2D eigenvalue weighted by atomic mass is 35.5. The van der Waals surface area contributed by atoms with Gasteiger partial charge in [0.15, 0.2) is 11.5 Å². The molecule has 3 atom stereocenters. The molecule has 0 saturated carbocycles. The van der Waals surface area contributed by atoms with E-state index >= 15 is 0 Å². The number of fused-ring (bicyclic) bond motifs is 2. The summed E-state index contributed by atoms with van der Waals surface area (Å²) in [6.07, 6.45) is -4.71. The topological polar surface area (TPSA) is 118 Å². The first-order valence-electron chi connectivity index (χ1n) is 13.8. The number of aromatic hydroxyl groups is 1. The normalized spacial score (nSPS) is 19.2. The van der Waals surface area contributed by atoms with Crippen molar-refractivity contribution in [3.05, 3.63) is 97.4 Å². The van der Waals surface area contributed by atoms with Gasteiger partial charge in [0.2, 0.25) is 17.7 Å². The van der Waals surface area contributed by atoms with Crippen LogP contribution in [0.2, 0.25) is 5.02 Å². The van der Waals surface area contributed by atoms with Crippen molar-refractivity contribution >= 4 is 63.8 Å². The molecule has 2 N–H and O–H groups in total. The monoisotopic (exact) mass is 689 g/mol. The van der Waals surface area contributed by atoms with Crippen molar-refractivity contribution in [1.29, 1.82) is 0 Å². The zero-order valence-corrected chi connectivity index (χ0v) is 26.1. The quantitative estimate of drug-likeness (QED) is 0.225. The smallest absolute Gasteiger partial charge is 0.416 e. The van der Waals surface area contributed by atoms with Gasteiger partial charge in [-0.05, 0) is 67.1 Å². The number of carbonyl (C=O) groups is 3. The molecule has 0 spiro atoms. The van der Waals surface area contributed by atoms with E-state index in [1.54, 1.807) is 31.2 Å². The van der Waals surface area contributed by atoms with Crippen LogP contribution in [0.15, 0.2) is 76.6 Å². The van der Waals surface area contributed by atoms with Gasteiger partial charge in [-0.25, -0.2) is 4.90 Å². The number of benzene rings is 3. The molecule has 9 nitrogen and oxygen atoms in total. The number of hydrogen-bond acceptors (Lipinski definition) is 8. The van der Waals surface area contributed by atoms with E-state index < -0.39 is 58.0 Å². The number of hydrogen-bond donors (Lipinski definition) is 2. The minimum Gasteiger partial charge on any atom is -0.504 e. The predicted octanol–water partition coefficient (Wildman–Crippen LogP) is 6.12. The molecule has 1 fully saturated rings. The number of imide groups is 1. The Kier molecular flexibility index (Phi) is 8.38. The number of thioether (sulfide) groups is 1. The maximum Gasteiger partial charge on any atom is 0.416 e. The molecular formula is C31H23ClF3N3O6S2. The van der Waals surface area contributed by atoms with E-state index in [0.717, 1.165) is 46.2 Å². The summed E-state index contributed by atoms with van der Waals surface area (Å²) in [5, 5.41) is 12.7. The molecule has 1 saturated heterocycles. The van der Waals surface area contributed by atoms with E-state index in [2.05, 4.69) is 5.32 Å². The first-order valence-corrected chi connectivity index (χ1v) is 15.9. The van der Waals surface area contributed by atoms with E-state index in [1.807, 2.05) is 0 Å². The summed E-state index contributed by atoms with van der Waals surface area (Å²) in [6.45, 7) is 1.51. The summed E-state index contributed by atoms with van der Waals surface area (Å²) in [4.78, 5) is 55.0. The zero-order valence-electron chi connectivity index (χ0n) is 23.7. The Hall–Kier alpha value is -4.27. The number of ether oxygens (including phenoxy) is 1. The number of amides is 3.